The van der Waals surface area contributed by atoms with E-state index in [4.69, 9.17) is 9.84 Å². The summed E-state index contributed by atoms with van der Waals surface area (Å²) in [7, 11) is 0. The van der Waals surface area contributed by atoms with Crippen LogP contribution in [-0.2, 0) is 27.2 Å². The maximum absolute atomic E-state index is 12.0. The molecule has 1 heterocycles. The molecular formula is C30H28BrNO6S. The number of amides is 2. The summed E-state index contributed by atoms with van der Waals surface area (Å²) in [5, 5.41) is 10.2. The Morgan fingerprint density at radius 2 is 1.46 bits per heavy atom. The van der Waals surface area contributed by atoms with Crippen molar-refractivity contribution in [1.29, 1.82) is 0 Å². The van der Waals surface area contributed by atoms with Gasteiger partial charge in [-0.15, -0.1) is 0 Å². The van der Waals surface area contributed by atoms with E-state index in [2.05, 4.69) is 21.2 Å². The zero-order chi connectivity index (χ0) is 28.0. The standard InChI is InChI=1S/C20H16BrNO4S.C10H12O2/c21-15-11-14(12-17-19(24)22-20(25)27-17)9-10-16(15)26-18(23)8-4-7-13-5-2-1-3-6-13;11-10(12)8-4-7-9-5-2-1-3-6-9/h1-3,5-6,9-12H,4,7-8H2,(H,22,24,25);1-3,5-6H,4,7-8H2,(H,11,12)/b17-12-;. The van der Waals surface area contributed by atoms with Crippen LogP contribution < -0.4 is 10.1 Å². The molecule has 1 aliphatic heterocycles. The van der Waals surface area contributed by atoms with Crippen molar-refractivity contribution < 1.29 is 29.0 Å². The van der Waals surface area contributed by atoms with Crippen molar-refractivity contribution in [2.45, 2.75) is 38.5 Å². The molecule has 9 heteroatoms. The molecule has 0 aromatic heterocycles. The largest absolute Gasteiger partial charge is 0.481 e. The number of ether oxygens (including phenoxy) is 1. The second kappa shape index (κ2) is 15.7. The third kappa shape index (κ3) is 10.9. The Labute approximate surface area is 239 Å². The van der Waals surface area contributed by atoms with Crippen LogP contribution in [0.1, 0.15) is 42.4 Å². The number of nitrogens with one attached hydrogen (secondary N) is 1. The Morgan fingerprint density at radius 1 is 0.872 bits per heavy atom. The molecule has 0 saturated carbocycles. The third-order valence-electron chi connectivity index (χ3n) is 5.51. The average molecular weight is 611 g/mol. The fourth-order valence-electron chi connectivity index (χ4n) is 3.61. The second-order valence-electron chi connectivity index (χ2n) is 8.59. The number of carbonyl (C=O) groups is 4. The third-order valence-corrected chi connectivity index (χ3v) is 6.94. The van der Waals surface area contributed by atoms with E-state index in [1.165, 1.54) is 11.1 Å². The first kappa shape index (κ1) is 29.9. The summed E-state index contributed by atoms with van der Waals surface area (Å²) in [5.41, 5.74) is 3.12. The lowest BCUT2D eigenvalue weighted by Gasteiger charge is -2.07. The smallest absolute Gasteiger partial charge is 0.311 e. The van der Waals surface area contributed by atoms with E-state index in [0.717, 1.165) is 36.6 Å². The maximum Gasteiger partial charge on any atom is 0.311 e. The van der Waals surface area contributed by atoms with Crippen LogP contribution in [0.4, 0.5) is 4.79 Å². The number of carboxylic acids is 1. The van der Waals surface area contributed by atoms with Gasteiger partial charge in [-0.3, -0.25) is 24.5 Å². The quantitative estimate of drug-likeness (QED) is 0.148. The number of benzene rings is 3. The van der Waals surface area contributed by atoms with Crippen LogP contribution in [0.5, 0.6) is 5.75 Å². The predicted molar refractivity (Wildman–Crippen MR) is 155 cm³/mol. The first-order chi connectivity index (χ1) is 18.8. The molecule has 2 amide bonds. The molecule has 39 heavy (non-hydrogen) atoms. The van der Waals surface area contributed by atoms with Gasteiger partial charge in [0.15, 0.2) is 0 Å². The van der Waals surface area contributed by atoms with Crippen LogP contribution in [-0.4, -0.2) is 28.2 Å². The normalized spacial score (nSPS) is 13.4. The topological polar surface area (TPSA) is 110 Å². The minimum absolute atomic E-state index is 0.259. The molecule has 3 aromatic carbocycles. The summed E-state index contributed by atoms with van der Waals surface area (Å²) in [6.07, 6.45) is 5.31. The molecule has 1 aliphatic rings. The highest BCUT2D eigenvalue weighted by Gasteiger charge is 2.25. The highest BCUT2D eigenvalue weighted by molar-refractivity contribution is 9.10. The van der Waals surface area contributed by atoms with Gasteiger partial charge in [-0.25, -0.2) is 0 Å². The van der Waals surface area contributed by atoms with Gasteiger partial charge in [-0.05, 0) is 88.3 Å². The Bertz CT molecular complexity index is 1330. The lowest BCUT2D eigenvalue weighted by Crippen LogP contribution is -2.17. The molecule has 0 spiro atoms. The van der Waals surface area contributed by atoms with Gasteiger partial charge in [0.1, 0.15) is 5.75 Å². The van der Waals surface area contributed by atoms with Crippen LogP contribution in [0.2, 0.25) is 0 Å². The molecule has 7 nitrogen and oxygen atoms in total. The summed E-state index contributed by atoms with van der Waals surface area (Å²) in [6.45, 7) is 0. The average Bonchev–Trinajstić information content (AvgIpc) is 3.23. The zero-order valence-electron chi connectivity index (χ0n) is 21.1. The number of halogens is 1. The number of esters is 1. The molecule has 1 fully saturated rings. The summed E-state index contributed by atoms with van der Waals surface area (Å²) in [5.74, 6) is -1.00. The Hall–Kier alpha value is -3.69. The molecule has 202 valence electrons. The summed E-state index contributed by atoms with van der Waals surface area (Å²) >= 11 is 4.23. The van der Waals surface area contributed by atoms with Crippen molar-refractivity contribution in [1.82, 2.24) is 5.32 Å². The van der Waals surface area contributed by atoms with Crippen molar-refractivity contribution >= 4 is 56.9 Å². The number of imide groups is 1. The Kier molecular flexibility index (Phi) is 12.0. The van der Waals surface area contributed by atoms with Crippen molar-refractivity contribution in [3.05, 3.63) is 105 Å². The Morgan fingerprint density at radius 3 is 1.97 bits per heavy atom. The number of aryl methyl sites for hydroxylation is 2. The lowest BCUT2D eigenvalue weighted by atomic mass is 10.1. The molecule has 0 atom stereocenters. The van der Waals surface area contributed by atoms with Crippen molar-refractivity contribution in [3.8, 4) is 5.75 Å². The summed E-state index contributed by atoms with van der Waals surface area (Å²) < 4.78 is 6.00. The van der Waals surface area contributed by atoms with Gasteiger partial charge in [-0.2, -0.15) is 0 Å². The first-order valence-electron chi connectivity index (χ1n) is 12.3. The number of hydrogen-bond acceptors (Lipinski definition) is 6. The fourth-order valence-corrected chi connectivity index (χ4v) is 4.77. The number of aliphatic carboxylic acids is 1. The first-order valence-corrected chi connectivity index (χ1v) is 14.0. The van der Waals surface area contributed by atoms with Gasteiger partial charge in [0.2, 0.25) is 0 Å². The van der Waals surface area contributed by atoms with Crippen molar-refractivity contribution in [2.75, 3.05) is 0 Å². The van der Waals surface area contributed by atoms with Gasteiger partial charge >= 0.3 is 11.9 Å². The van der Waals surface area contributed by atoms with E-state index < -0.39 is 11.9 Å². The van der Waals surface area contributed by atoms with E-state index in [1.54, 1.807) is 24.3 Å². The molecule has 3 aromatic rings. The van der Waals surface area contributed by atoms with E-state index >= 15 is 0 Å². The number of thioether (sulfide) groups is 1. The molecule has 0 unspecified atom stereocenters. The molecular weight excluding hydrogens is 582 g/mol. The highest BCUT2D eigenvalue weighted by Crippen LogP contribution is 2.30. The van der Waals surface area contributed by atoms with Crippen LogP contribution in [0, 0.1) is 0 Å². The van der Waals surface area contributed by atoms with Gasteiger partial charge in [-0.1, -0.05) is 66.7 Å². The fraction of sp³-hybridized carbons (Fsp3) is 0.200. The Balaban J connectivity index is 0.000000293. The van der Waals surface area contributed by atoms with Crippen LogP contribution in [0.25, 0.3) is 6.08 Å². The van der Waals surface area contributed by atoms with E-state index in [-0.39, 0.29) is 17.6 Å². The SMILES string of the molecule is O=C(CCCc1ccccc1)Oc1ccc(/C=C2\SC(=O)NC2=O)cc1Br.O=C(O)CCCc1ccccc1. The zero-order valence-corrected chi connectivity index (χ0v) is 23.5. The van der Waals surface area contributed by atoms with Crippen LogP contribution in [0.15, 0.2) is 88.2 Å². The summed E-state index contributed by atoms with van der Waals surface area (Å²) in [4.78, 5) is 45.4. The van der Waals surface area contributed by atoms with Crippen LogP contribution in [0.3, 0.4) is 0 Å². The molecule has 0 bridgehead atoms. The van der Waals surface area contributed by atoms with E-state index in [1.807, 2.05) is 60.7 Å². The number of rotatable bonds is 10. The van der Waals surface area contributed by atoms with Crippen molar-refractivity contribution in [2.24, 2.45) is 0 Å². The van der Waals surface area contributed by atoms with Gasteiger partial charge in [0.05, 0.1) is 9.38 Å². The minimum atomic E-state index is -0.717. The molecule has 2 N–H and O–H groups in total. The number of hydrogen-bond donors (Lipinski definition) is 2. The van der Waals surface area contributed by atoms with Gasteiger partial charge in [0.25, 0.3) is 11.1 Å². The minimum Gasteiger partial charge on any atom is -0.481 e. The molecule has 0 aliphatic carbocycles. The molecule has 4 rings (SSSR count). The van der Waals surface area contributed by atoms with Gasteiger partial charge in [0, 0.05) is 12.8 Å². The summed E-state index contributed by atoms with van der Waals surface area (Å²) in [6, 6.07) is 25.0. The van der Waals surface area contributed by atoms with Gasteiger partial charge < -0.3 is 9.84 Å². The molecule has 0 radical (unpaired) electrons. The van der Waals surface area contributed by atoms with Crippen molar-refractivity contribution in [3.63, 3.8) is 0 Å². The number of carboxylic acid groups (broad SMARTS) is 1. The second-order valence-corrected chi connectivity index (χ2v) is 10.5. The lowest BCUT2D eigenvalue weighted by molar-refractivity contribution is -0.137. The monoisotopic (exact) mass is 609 g/mol. The highest BCUT2D eigenvalue weighted by atomic mass is 79.9. The van der Waals surface area contributed by atoms with Crippen LogP contribution >= 0.6 is 27.7 Å². The van der Waals surface area contributed by atoms with E-state index in [9.17, 15) is 19.2 Å². The predicted octanol–water partition coefficient (Wildman–Crippen LogP) is 6.80. The maximum atomic E-state index is 12.0. The number of carbonyl (C=O) groups excluding carboxylic acids is 3. The molecule has 1 saturated heterocycles. The van der Waals surface area contributed by atoms with E-state index in [0.29, 0.717) is 28.0 Å².